The van der Waals surface area contributed by atoms with Gasteiger partial charge in [-0.25, -0.2) is 4.39 Å². The van der Waals surface area contributed by atoms with Crippen LogP contribution in [0.25, 0.3) is 0 Å². The van der Waals surface area contributed by atoms with Crippen molar-refractivity contribution in [3.05, 3.63) is 35.1 Å². The van der Waals surface area contributed by atoms with Gasteiger partial charge in [0.25, 0.3) is 0 Å². The fourth-order valence-electron chi connectivity index (χ4n) is 2.74. The van der Waals surface area contributed by atoms with Crippen LogP contribution in [-0.4, -0.2) is 31.6 Å². The monoisotopic (exact) mass is 261 g/mol. The highest BCUT2D eigenvalue weighted by atomic mass is 19.1. The lowest BCUT2D eigenvalue weighted by Gasteiger charge is -2.32. The molecule has 0 bridgehead atoms. The summed E-state index contributed by atoms with van der Waals surface area (Å²) in [7, 11) is 1.97. The van der Waals surface area contributed by atoms with E-state index < -0.39 is 0 Å². The zero-order chi connectivity index (χ0) is 13.7. The van der Waals surface area contributed by atoms with Crippen LogP contribution in [0.15, 0.2) is 18.2 Å². The Kier molecular flexibility index (Phi) is 4.89. The van der Waals surface area contributed by atoms with Gasteiger partial charge in [0.15, 0.2) is 0 Å². The molecule has 1 fully saturated rings. The summed E-state index contributed by atoms with van der Waals surface area (Å²) in [6.07, 6.45) is 2.41. The smallest absolute Gasteiger partial charge is 0.129 e. The number of benzene rings is 1. The summed E-state index contributed by atoms with van der Waals surface area (Å²) in [6, 6.07) is 6.70. The predicted octanol–water partition coefficient (Wildman–Crippen LogP) is 2.13. The molecule has 3 nitrogen and oxygen atoms in total. The highest BCUT2D eigenvalue weighted by molar-refractivity contribution is 5.32. The maximum Gasteiger partial charge on any atom is 0.129 e. The number of nitrogens with one attached hydrogen (secondary N) is 1. The van der Waals surface area contributed by atoms with Crippen LogP contribution in [0.4, 0.5) is 4.39 Å². The summed E-state index contributed by atoms with van der Waals surface area (Å²) < 4.78 is 13.8. The Morgan fingerprint density at radius 3 is 3.05 bits per heavy atom. The Labute approximate surface area is 114 Å². The van der Waals surface area contributed by atoms with Gasteiger partial charge in [0.05, 0.1) is 11.6 Å². The first kappa shape index (κ1) is 14.0. The average Bonchev–Trinajstić information content (AvgIpc) is 2.42. The molecule has 0 aromatic heterocycles. The van der Waals surface area contributed by atoms with E-state index in [9.17, 15) is 4.39 Å². The van der Waals surface area contributed by atoms with Crippen molar-refractivity contribution >= 4 is 0 Å². The average molecular weight is 261 g/mol. The van der Waals surface area contributed by atoms with Crippen LogP contribution in [0.5, 0.6) is 0 Å². The van der Waals surface area contributed by atoms with E-state index in [1.54, 1.807) is 12.1 Å². The Bertz CT molecular complexity index is 465. The van der Waals surface area contributed by atoms with Gasteiger partial charge in [0.2, 0.25) is 0 Å². The lowest BCUT2D eigenvalue weighted by Crippen LogP contribution is -2.38. The summed E-state index contributed by atoms with van der Waals surface area (Å²) in [5.74, 6) is 0.384. The van der Waals surface area contributed by atoms with Gasteiger partial charge in [-0.1, -0.05) is 6.07 Å². The van der Waals surface area contributed by atoms with Crippen molar-refractivity contribution in [2.24, 2.45) is 5.92 Å². The molecular weight excluding hydrogens is 241 g/mol. The third kappa shape index (κ3) is 3.76. The van der Waals surface area contributed by atoms with Crippen LogP contribution >= 0.6 is 0 Å². The number of hydrogen-bond donors (Lipinski definition) is 1. The summed E-state index contributed by atoms with van der Waals surface area (Å²) in [6.45, 7) is 3.70. The van der Waals surface area contributed by atoms with Crippen LogP contribution in [0.2, 0.25) is 0 Å². The Balaban J connectivity index is 1.99. The van der Waals surface area contributed by atoms with E-state index in [4.69, 9.17) is 5.26 Å². The highest BCUT2D eigenvalue weighted by Crippen LogP contribution is 2.19. The highest BCUT2D eigenvalue weighted by Gasteiger charge is 2.20. The van der Waals surface area contributed by atoms with E-state index in [1.807, 2.05) is 13.1 Å². The molecule has 4 heteroatoms. The van der Waals surface area contributed by atoms with E-state index in [0.29, 0.717) is 23.6 Å². The maximum atomic E-state index is 13.8. The van der Waals surface area contributed by atoms with Gasteiger partial charge in [-0.15, -0.1) is 0 Å². The van der Waals surface area contributed by atoms with Crippen molar-refractivity contribution < 1.29 is 4.39 Å². The fraction of sp³-hybridized carbons (Fsp3) is 0.533. The van der Waals surface area contributed by atoms with Gasteiger partial charge in [0, 0.05) is 18.7 Å². The largest absolute Gasteiger partial charge is 0.319 e. The van der Waals surface area contributed by atoms with Gasteiger partial charge < -0.3 is 5.32 Å². The molecule has 1 atom stereocenters. The molecule has 0 amide bonds. The molecule has 1 saturated heterocycles. The van der Waals surface area contributed by atoms with E-state index in [1.165, 1.54) is 18.9 Å². The number of halogens is 1. The first-order valence-corrected chi connectivity index (χ1v) is 6.78. The van der Waals surface area contributed by atoms with E-state index >= 15 is 0 Å². The summed E-state index contributed by atoms with van der Waals surface area (Å²) in [5.41, 5.74) is 1.07. The molecule has 0 spiro atoms. The molecule has 0 aliphatic carbocycles. The minimum absolute atomic E-state index is 0.269. The molecule has 1 N–H and O–H groups in total. The molecule has 0 radical (unpaired) electrons. The second-order valence-electron chi connectivity index (χ2n) is 5.22. The second kappa shape index (κ2) is 6.65. The van der Waals surface area contributed by atoms with E-state index in [2.05, 4.69) is 10.2 Å². The SMILES string of the molecule is CNCC1CCCN(Cc2ccc(C#N)cc2F)C1. The number of rotatable bonds is 4. The molecular formula is C15H20FN3. The molecule has 2 rings (SSSR count). The zero-order valence-corrected chi connectivity index (χ0v) is 11.3. The molecule has 1 aliphatic rings. The lowest BCUT2D eigenvalue weighted by molar-refractivity contribution is 0.165. The number of likely N-dealkylation sites (tertiary alicyclic amines) is 1. The van der Waals surface area contributed by atoms with Gasteiger partial charge in [-0.2, -0.15) is 5.26 Å². The first-order chi connectivity index (χ1) is 9.22. The Morgan fingerprint density at radius 1 is 1.53 bits per heavy atom. The maximum absolute atomic E-state index is 13.8. The van der Waals surface area contributed by atoms with Crippen molar-refractivity contribution in [1.29, 1.82) is 5.26 Å². The molecule has 19 heavy (non-hydrogen) atoms. The van der Waals surface area contributed by atoms with Crippen molar-refractivity contribution in [1.82, 2.24) is 10.2 Å². The number of nitrogens with zero attached hydrogens (tertiary/aromatic N) is 2. The molecule has 1 unspecified atom stereocenters. The number of hydrogen-bond acceptors (Lipinski definition) is 3. The van der Waals surface area contributed by atoms with Crippen LogP contribution in [0.3, 0.4) is 0 Å². The Hall–Kier alpha value is -1.44. The quantitative estimate of drug-likeness (QED) is 0.902. The molecule has 1 aromatic carbocycles. The minimum atomic E-state index is -0.269. The molecule has 0 saturated carbocycles. The van der Waals surface area contributed by atoms with Gasteiger partial charge in [-0.3, -0.25) is 4.90 Å². The molecule has 1 heterocycles. The van der Waals surface area contributed by atoms with Crippen molar-refractivity contribution in [2.45, 2.75) is 19.4 Å². The summed E-state index contributed by atoms with van der Waals surface area (Å²) in [4.78, 5) is 2.30. The third-order valence-electron chi connectivity index (χ3n) is 3.67. The van der Waals surface area contributed by atoms with Crippen molar-refractivity contribution in [3.8, 4) is 6.07 Å². The van der Waals surface area contributed by atoms with E-state index in [0.717, 1.165) is 19.6 Å². The minimum Gasteiger partial charge on any atom is -0.319 e. The van der Waals surface area contributed by atoms with Gasteiger partial charge >= 0.3 is 0 Å². The standard InChI is InChI=1S/C15H20FN3/c1-18-9-13-3-2-6-19(10-13)11-14-5-4-12(8-17)7-15(14)16/h4-5,7,13,18H,2-3,6,9-11H2,1H3. The lowest BCUT2D eigenvalue weighted by atomic mass is 9.97. The zero-order valence-electron chi connectivity index (χ0n) is 11.3. The van der Waals surface area contributed by atoms with Crippen LogP contribution in [0.1, 0.15) is 24.0 Å². The predicted molar refractivity (Wildman–Crippen MR) is 73.0 cm³/mol. The van der Waals surface area contributed by atoms with E-state index in [-0.39, 0.29) is 5.82 Å². The van der Waals surface area contributed by atoms with Gasteiger partial charge in [0.1, 0.15) is 5.82 Å². The second-order valence-corrected chi connectivity index (χ2v) is 5.22. The summed E-state index contributed by atoms with van der Waals surface area (Å²) >= 11 is 0. The number of piperidine rings is 1. The first-order valence-electron chi connectivity index (χ1n) is 6.78. The van der Waals surface area contributed by atoms with Gasteiger partial charge in [-0.05, 0) is 51.0 Å². The number of nitriles is 1. The van der Waals surface area contributed by atoms with Crippen LogP contribution in [-0.2, 0) is 6.54 Å². The molecule has 1 aliphatic heterocycles. The summed E-state index contributed by atoms with van der Waals surface area (Å²) in [5, 5.41) is 11.9. The molecule has 1 aromatic rings. The normalized spacial score (nSPS) is 20.2. The van der Waals surface area contributed by atoms with Crippen molar-refractivity contribution in [2.75, 3.05) is 26.7 Å². The van der Waals surface area contributed by atoms with Crippen LogP contribution < -0.4 is 5.32 Å². The van der Waals surface area contributed by atoms with Crippen LogP contribution in [0, 0.1) is 23.1 Å². The van der Waals surface area contributed by atoms with Crippen molar-refractivity contribution in [3.63, 3.8) is 0 Å². The third-order valence-corrected chi connectivity index (χ3v) is 3.67. The fourth-order valence-corrected chi connectivity index (χ4v) is 2.74. The molecule has 102 valence electrons. The Morgan fingerprint density at radius 2 is 2.37 bits per heavy atom. The topological polar surface area (TPSA) is 39.1 Å².